The van der Waals surface area contributed by atoms with Gasteiger partial charge >= 0.3 is 0 Å². The number of methoxy groups -OCH3 is 1. The van der Waals surface area contributed by atoms with E-state index in [2.05, 4.69) is 5.32 Å². The minimum atomic E-state index is -0.414. The van der Waals surface area contributed by atoms with Crippen LogP contribution in [0.4, 0.5) is 0 Å². The fourth-order valence-corrected chi connectivity index (χ4v) is 4.20. The van der Waals surface area contributed by atoms with Crippen LogP contribution in [0.15, 0.2) is 58.5 Å². The zero-order valence-electron chi connectivity index (χ0n) is 17.7. The number of ether oxygens (including phenoxy) is 1. The second-order valence-corrected chi connectivity index (χ2v) is 8.44. The summed E-state index contributed by atoms with van der Waals surface area (Å²) in [5.74, 6) is 0.615. The molecular weight excluding hydrogens is 398 g/mol. The number of benzene rings is 2. The molecule has 0 unspecified atom stereocenters. The van der Waals surface area contributed by atoms with Gasteiger partial charge in [-0.05, 0) is 38.5 Å². The highest BCUT2D eigenvalue weighted by Gasteiger charge is 2.21. The van der Waals surface area contributed by atoms with E-state index in [9.17, 15) is 9.59 Å². The van der Waals surface area contributed by atoms with Crippen molar-refractivity contribution in [2.45, 2.75) is 50.2 Å². The van der Waals surface area contributed by atoms with Crippen molar-refractivity contribution in [2.24, 2.45) is 0 Å². The van der Waals surface area contributed by atoms with Crippen molar-refractivity contribution >= 4 is 28.6 Å². The molecule has 3 aromatic rings. The van der Waals surface area contributed by atoms with Crippen LogP contribution < -0.4 is 15.6 Å². The fourth-order valence-electron chi connectivity index (χ4n) is 3.17. The lowest BCUT2D eigenvalue weighted by molar-refractivity contribution is -0.120. The fraction of sp³-hybridized carbons (Fsp3) is 0.348. The molecule has 0 aliphatic rings. The van der Waals surface area contributed by atoms with E-state index in [-0.39, 0.29) is 17.5 Å². The predicted molar refractivity (Wildman–Crippen MR) is 121 cm³/mol. The largest absolute Gasteiger partial charge is 0.496 e. The summed E-state index contributed by atoms with van der Waals surface area (Å²) in [6.45, 7) is 6.22. The third-order valence-electron chi connectivity index (χ3n) is 5.10. The molecule has 0 radical (unpaired) electrons. The van der Waals surface area contributed by atoms with E-state index in [1.807, 2.05) is 63.2 Å². The summed E-state index contributed by atoms with van der Waals surface area (Å²) in [6.07, 6.45) is 0.794. The van der Waals surface area contributed by atoms with E-state index in [0.717, 1.165) is 17.7 Å². The Morgan fingerprint density at radius 1 is 1.17 bits per heavy atom. The van der Waals surface area contributed by atoms with Gasteiger partial charge in [-0.2, -0.15) is 0 Å². The maximum absolute atomic E-state index is 13.1. The third kappa shape index (κ3) is 4.67. The average Bonchev–Trinajstić information content (AvgIpc) is 2.77. The third-order valence-corrected chi connectivity index (χ3v) is 6.17. The minimum Gasteiger partial charge on any atom is -0.496 e. The molecule has 1 heterocycles. The van der Waals surface area contributed by atoms with Crippen LogP contribution in [0, 0.1) is 0 Å². The van der Waals surface area contributed by atoms with Gasteiger partial charge in [0.2, 0.25) is 5.91 Å². The Morgan fingerprint density at radius 2 is 1.87 bits per heavy atom. The summed E-state index contributed by atoms with van der Waals surface area (Å²) >= 11 is 1.30. The maximum Gasteiger partial charge on any atom is 0.262 e. The Bertz CT molecular complexity index is 1100. The topological polar surface area (TPSA) is 73.2 Å². The number of hydrogen-bond acceptors (Lipinski definition) is 5. The minimum absolute atomic E-state index is 0.0130. The highest BCUT2D eigenvalue weighted by molar-refractivity contribution is 8.00. The number of amides is 1. The van der Waals surface area contributed by atoms with Crippen LogP contribution in [0.5, 0.6) is 5.75 Å². The highest BCUT2D eigenvalue weighted by atomic mass is 32.2. The molecule has 1 amide bonds. The summed E-state index contributed by atoms with van der Waals surface area (Å²) in [5, 5.41) is 3.70. The Kier molecular flexibility index (Phi) is 7.15. The van der Waals surface area contributed by atoms with Crippen LogP contribution in [-0.4, -0.2) is 27.8 Å². The number of nitrogens with zero attached hydrogens (tertiary/aromatic N) is 2. The van der Waals surface area contributed by atoms with Crippen molar-refractivity contribution < 1.29 is 9.53 Å². The van der Waals surface area contributed by atoms with Gasteiger partial charge in [-0.1, -0.05) is 49.0 Å². The average molecular weight is 426 g/mol. The van der Waals surface area contributed by atoms with Crippen molar-refractivity contribution in [1.29, 1.82) is 0 Å². The van der Waals surface area contributed by atoms with Gasteiger partial charge in [0.25, 0.3) is 5.56 Å². The van der Waals surface area contributed by atoms with E-state index < -0.39 is 5.25 Å². The van der Waals surface area contributed by atoms with Crippen molar-refractivity contribution in [2.75, 3.05) is 7.11 Å². The summed E-state index contributed by atoms with van der Waals surface area (Å²) in [4.78, 5) is 30.5. The molecular formula is C23H27N3O3S. The monoisotopic (exact) mass is 425 g/mol. The molecule has 30 heavy (non-hydrogen) atoms. The number of rotatable bonds is 8. The Labute approximate surface area is 180 Å². The lowest BCUT2D eigenvalue weighted by Crippen LogP contribution is -2.32. The highest BCUT2D eigenvalue weighted by Crippen LogP contribution is 2.26. The zero-order chi connectivity index (χ0) is 21.7. The number of hydrogen-bond donors (Lipinski definition) is 1. The summed E-state index contributed by atoms with van der Waals surface area (Å²) in [6, 6.07) is 14.9. The van der Waals surface area contributed by atoms with Gasteiger partial charge in [-0.25, -0.2) is 4.98 Å². The van der Waals surface area contributed by atoms with E-state index in [1.165, 1.54) is 11.8 Å². The molecule has 158 valence electrons. The smallest absolute Gasteiger partial charge is 0.262 e. The number of para-hydroxylation sites is 2. The van der Waals surface area contributed by atoms with Crippen LogP contribution in [0.3, 0.4) is 0 Å². The van der Waals surface area contributed by atoms with E-state index in [1.54, 1.807) is 17.7 Å². The van der Waals surface area contributed by atoms with Crippen molar-refractivity contribution in [3.05, 3.63) is 64.4 Å². The van der Waals surface area contributed by atoms with Crippen LogP contribution in [-0.2, 0) is 11.3 Å². The van der Waals surface area contributed by atoms with Crippen LogP contribution in [0.25, 0.3) is 10.9 Å². The van der Waals surface area contributed by atoms with Crippen molar-refractivity contribution in [3.8, 4) is 5.75 Å². The van der Waals surface area contributed by atoms with Gasteiger partial charge in [0, 0.05) is 18.2 Å². The summed E-state index contributed by atoms with van der Waals surface area (Å²) in [7, 11) is 1.61. The van der Waals surface area contributed by atoms with Gasteiger partial charge in [-0.3, -0.25) is 14.2 Å². The lowest BCUT2D eigenvalue weighted by Gasteiger charge is -2.20. The first-order valence-corrected chi connectivity index (χ1v) is 10.9. The molecule has 0 saturated heterocycles. The van der Waals surface area contributed by atoms with Crippen LogP contribution in [0.2, 0.25) is 0 Å². The van der Waals surface area contributed by atoms with Crippen LogP contribution in [0.1, 0.15) is 38.8 Å². The molecule has 6 nitrogen and oxygen atoms in total. The van der Waals surface area contributed by atoms with E-state index in [0.29, 0.717) is 22.6 Å². The Morgan fingerprint density at radius 3 is 2.60 bits per heavy atom. The molecule has 0 saturated carbocycles. The number of carbonyl (C=O) groups excluding carboxylic acids is 1. The first kappa shape index (κ1) is 21.9. The first-order chi connectivity index (χ1) is 14.5. The Balaban J connectivity index is 1.82. The molecule has 0 fully saturated rings. The number of aromatic nitrogens is 2. The first-order valence-electron chi connectivity index (χ1n) is 10.0. The number of nitrogens with one attached hydrogen (secondary N) is 1. The predicted octanol–water partition coefficient (Wildman–Crippen LogP) is 4.17. The van der Waals surface area contributed by atoms with E-state index in [4.69, 9.17) is 9.72 Å². The molecule has 1 N–H and O–H groups in total. The molecule has 0 bridgehead atoms. The van der Waals surface area contributed by atoms with Crippen LogP contribution >= 0.6 is 11.8 Å². The Hall–Kier alpha value is -2.80. The van der Waals surface area contributed by atoms with Gasteiger partial charge in [0.05, 0.1) is 23.3 Å². The second-order valence-electron chi connectivity index (χ2n) is 7.13. The van der Waals surface area contributed by atoms with Gasteiger partial charge in [0.1, 0.15) is 5.75 Å². The number of carbonyl (C=O) groups is 1. The van der Waals surface area contributed by atoms with E-state index >= 15 is 0 Å². The maximum atomic E-state index is 13.1. The quantitative estimate of drug-likeness (QED) is 0.433. The summed E-state index contributed by atoms with van der Waals surface area (Å²) in [5.41, 5.74) is 1.48. The molecule has 0 aliphatic heterocycles. The molecule has 2 aromatic carbocycles. The molecule has 3 rings (SSSR count). The van der Waals surface area contributed by atoms with Crippen molar-refractivity contribution in [3.63, 3.8) is 0 Å². The molecule has 0 aliphatic carbocycles. The molecule has 1 aromatic heterocycles. The summed E-state index contributed by atoms with van der Waals surface area (Å²) < 4.78 is 7.04. The van der Waals surface area contributed by atoms with Crippen molar-refractivity contribution in [1.82, 2.24) is 14.9 Å². The molecule has 2 atom stereocenters. The zero-order valence-corrected chi connectivity index (χ0v) is 18.5. The molecule has 0 spiro atoms. The van der Waals surface area contributed by atoms with Gasteiger partial charge in [-0.15, -0.1) is 0 Å². The second kappa shape index (κ2) is 9.80. The number of fused-ring (bicyclic) bond motifs is 1. The lowest BCUT2D eigenvalue weighted by atomic mass is 10.2. The normalized spacial score (nSPS) is 13.1. The molecule has 7 heteroatoms. The SMILES string of the molecule is CC[C@H](C)n1c(S[C@H](C)C(=O)NCc2ccccc2OC)nc2ccccc2c1=O. The standard InChI is InChI=1S/C23H27N3O3S/c1-5-15(2)26-22(28)18-11-7-8-12-19(18)25-23(26)30-16(3)21(27)24-14-17-10-6-9-13-20(17)29-4/h6-13,15-16H,5,14H2,1-4H3,(H,24,27)/t15-,16+/m0/s1. The van der Waals surface area contributed by atoms with Gasteiger partial charge < -0.3 is 10.1 Å². The number of thioether (sulfide) groups is 1. The van der Waals surface area contributed by atoms with Gasteiger partial charge in [0.15, 0.2) is 5.16 Å².